The van der Waals surface area contributed by atoms with Crippen molar-refractivity contribution >= 4 is 35.3 Å². The van der Waals surface area contributed by atoms with E-state index < -0.39 is 0 Å². The van der Waals surface area contributed by atoms with E-state index in [2.05, 4.69) is 37.1 Å². The van der Waals surface area contributed by atoms with Crippen molar-refractivity contribution in [2.24, 2.45) is 0 Å². The van der Waals surface area contributed by atoms with Gasteiger partial charge in [-0.1, -0.05) is 19.4 Å². The summed E-state index contributed by atoms with van der Waals surface area (Å²) in [4.78, 5) is 7.28. The molecule has 1 nitrogen and oxygen atoms in total. The first-order chi connectivity index (χ1) is 7.35. The fourth-order valence-electron chi connectivity index (χ4n) is 1.44. The highest BCUT2D eigenvalue weighted by molar-refractivity contribution is 7.79. The van der Waals surface area contributed by atoms with E-state index in [1.165, 1.54) is 15.4 Å². The van der Waals surface area contributed by atoms with Crippen LogP contribution >= 0.6 is 35.3 Å². The number of nitrogens with zero attached hydrogens (tertiary/aromatic N) is 1. The second-order valence-electron chi connectivity index (χ2n) is 3.27. The maximum absolute atomic E-state index is 4.69. The predicted octanol–water partition coefficient (Wildman–Crippen LogP) is 4.25. The van der Waals surface area contributed by atoms with E-state index in [1.807, 2.05) is 0 Å². The fourth-order valence-corrected chi connectivity index (χ4v) is 3.59. The van der Waals surface area contributed by atoms with Crippen molar-refractivity contribution in [2.45, 2.75) is 25.5 Å². The van der Waals surface area contributed by atoms with Gasteiger partial charge in [-0.15, -0.1) is 22.7 Å². The summed E-state index contributed by atoms with van der Waals surface area (Å²) in [5, 5.41) is 3.24. The van der Waals surface area contributed by atoms with Crippen LogP contribution in [0.2, 0.25) is 0 Å². The first kappa shape index (κ1) is 11.2. The summed E-state index contributed by atoms with van der Waals surface area (Å²) in [6.45, 7) is 2.19. The Morgan fingerprint density at radius 1 is 1.47 bits per heavy atom. The third kappa shape index (κ3) is 2.44. The number of aryl methyl sites for hydroxylation is 1. The van der Waals surface area contributed by atoms with Crippen LogP contribution < -0.4 is 0 Å². The molecule has 0 amide bonds. The van der Waals surface area contributed by atoms with Gasteiger partial charge in [0.05, 0.1) is 10.6 Å². The molecule has 4 heteroatoms. The number of rotatable bonds is 4. The molecule has 0 bridgehead atoms. The Bertz CT molecular complexity index is 417. The lowest BCUT2D eigenvalue weighted by Gasteiger charge is -1.94. The van der Waals surface area contributed by atoms with E-state index in [4.69, 9.17) is 4.98 Å². The molecule has 0 atom stereocenters. The van der Waals surface area contributed by atoms with Gasteiger partial charge in [0.25, 0.3) is 0 Å². The highest BCUT2D eigenvalue weighted by Crippen LogP contribution is 2.32. The second-order valence-corrected chi connectivity index (χ2v) is 5.62. The van der Waals surface area contributed by atoms with Crippen LogP contribution in [0, 0.1) is 0 Å². The zero-order valence-corrected chi connectivity index (χ0v) is 11.1. The van der Waals surface area contributed by atoms with Gasteiger partial charge in [0, 0.05) is 10.6 Å². The number of thiophene rings is 1. The van der Waals surface area contributed by atoms with Crippen LogP contribution in [0.3, 0.4) is 0 Å². The van der Waals surface area contributed by atoms with Crippen molar-refractivity contribution in [3.63, 3.8) is 0 Å². The normalized spacial score (nSPS) is 10.8. The molecule has 2 heterocycles. The molecular formula is C11H13NS3. The molecule has 0 aliphatic heterocycles. The van der Waals surface area contributed by atoms with E-state index in [0.29, 0.717) is 0 Å². The van der Waals surface area contributed by atoms with E-state index in [1.54, 1.807) is 22.7 Å². The molecule has 80 valence electrons. The highest BCUT2D eigenvalue weighted by Gasteiger charge is 2.11. The first-order valence-corrected chi connectivity index (χ1v) is 7.31. The van der Waals surface area contributed by atoms with Gasteiger partial charge in [-0.3, -0.25) is 0 Å². The molecule has 0 spiro atoms. The average Bonchev–Trinajstić information content (AvgIpc) is 2.84. The molecule has 2 aromatic rings. The molecular weight excluding hydrogens is 242 g/mol. The van der Waals surface area contributed by atoms with Gasteiger partial charge in [0.15, 0.2) is 0 Å². The summed E-state index contributed by atoms with van der Waals surface area (Å²) < 4.78 is 0. The number of thiazole rings is 1. The van der Waals surface area contributed by atoms with Gasteiger partial charge in [-0.05, 0) is 17.9 Å². The fraction of sp³-hybridized carbons (Fsp3) is 0.364. The standard InChI is InChI=1S/C11H13NS3/c1-2-4-8-10(7-13)15-11(12-8)9-5-3-6-14-9/h3,5-6,13H,2,4,7H2,1H3. The SMILES string of the molecule is CCCc1nc(-c2cccs2)sc1CS. The second kappa shape index (κ2) is 5.14. The third-order valence-corrected chi connectivity index (χ3v) is 4.81. The first-order valence-electron chi connectivity index (χ1n) is 4.98. The van der Waals surface area contributed by atoms with Gasteiger partial charge in [0.2, 0.25) is 0 Å². The maximum Gasteiger partial charge on any atom is 0.133 e. The maximum atomic E-state index is 4.69. The Kier molecular flexibility index (Phi) is 3.83. The largest absolute Gasteiger partial charge is 0.240 e. The molecule has 0 aromatic carbocycles. The molecule has 0 radical (unpaired) electrons. The highest BCUT2D eigenvalue weighted by atomic mass is 32.1. The van der Waals surface area contributed by atoms with Crippen molar-refractivity contribution in [1.82, 2.24) is 4.98 Å². The number of hydrogen-bond donors (Lipinski definition) is 1. The molecule has 0 fully saturated rings. The average molecular weight is 255 g/mol. The third-order valence-electron chi connectivity index (χ3n) is 2.14. The van der Waals surface area contributed by atoms with Crippen molar-refractivity contribution < 1.29 is 0 Å². The van der Waals surface area contributed by atoms with Crippen molar-refractivity contribution in [1.29, 1.82) is 0 Å². The summed E-state index contributed by atoms with van der Waals surface area (Å²) in [5.41, 5.74) is 1.24. The summed E-state index contributed by atoms with van der Waals surface area (Å²) in [6, 6.07) is 4.20. The van der Waals surface area contributed by atoms with E-state index in [9.17, 15) is 0 Å². The quantitative estimate of drug-likeness (QED) is 0.806. The number of hydrogen-bond acceptors (Lipinski definition) is 4. The van der Waals surface area contributed by atoms with Crippen LogP contribution in [0.4, 0.5) is 0 Å². The van der Waals surface area contributed by atoms with E-state index >= 15 is 0 Å². The lowest BCUT2D eigenvalue weighted by molar-refractivity contribution is 0.885. The molecule has 2 aromatic heterocycles. The zero-order chi connectivity index (χ0) is 10.7. The molecule has 0 aliphatic rings. The molecule has 2 rings (SSSR count). The van der Waals surface area contributed by atoms with Crippen LogP contribution in [-0.2, 0) is 12.2 Å². The van der Waals surface area contributed by atoms with Gasteiger partial charge >= 0.3 is 0 Å². The van der Waals surface area contributed by atoms with Gasteiger partial charge in [0.1, 0.15) is 5.01 Å². The molecule has 0 saturated carbocycles. The Morgan fingerprint density at radius 3 is 2.93 bits per heavy atom. The van der Waals surface area contributed by atoms with Crippen molar-refractivity contribution in [2.75, 3.05) is 0 Å². The molecule has 0 unspecified atom stereocenters. The summed E-state index contributed by atoms with van der Waals surface area (Å²) in [6.07, 6.45) is 2.21. The topological polar surface area (TPSA) is 12.9 Å². The van der Waals surface area contributed by atoms with Gasteiger partial charge in [-0.25, -0.2) is 4.98 Å². The Balaban J connectivity index is 2.34. The van der Waals surface area contributed by atoms with Crippen molar-refractivity contribution in [3.8, 4) is 9.88 Å². The van der Waals surface area contributed by atoms with Gasteiger partial charge < -0.3 is 0 Å². The predicted molar refractivity (Wildman–Crippen MR) is 72.1 cm³/mol. The van der Waals surface area contributed by atoms with E-state index in [-0.39, 0.29) is 0 Å². The number of thiol groups is 1. The Morgan fingerprint density at radius 2 is 2.33 bits per heavy atom. The smallest absolute Gasteiger partial charge is 0.133 e. The lowest BCUT2D eigenvalue weighted by atomic mass is 10.2. The van der Waals surface area contributed by atoms with Crippen LogP contribution in [-0.4, -0.2) is 4.98 Å². The number of aromatic nitrogens is 1. The van der Waals surface area contributed by atoms with Crippen LogP contribution in [0.15, 0.2) is 17.5 Å². The minimum Gasteiger partial charge on any atom is -0.240 e. The molecule has 15 heavy (non-hydrogen) atoms. The summed E-state index contributed by atoms with van der Waals surface area (Å²) in [5.74, 6) is 0.804. The lowest BCUT2D eigenvalue weighted by Crippen LogP contribution is -1.87. The monoisotopic (exact) mass is 255 g/mol. The van der Waals surface area contributed by atoms with Crippen LogP contribution in [0.1, 0.15) is 23.9 Å². The van der Waals surface area contributed by atoms with Crippen LogP contribution in [0.25, 0.3) is 9.88 Å². The zero-order valence-electron chi connectivity index (χ0n) is 8.56. The van der Waals surface area contributed by atoms with E-state index in [0.717, 1.165) is 23.6 Å². The Labute approximate surface area is 104 Å². The van der Waals surface area contributed by atoms with Crippen molar-refractivity contribution in [3.05, 3.63) is 28.1 Å². The van der Waals surface area contributed by atoms with Gasteiger partial charge in [-0.2, -0.15) is 12.6 Å². The molecule has 0 aliphatic carbocycles. The van der Waals surface area contributed by atoms with Crippen LogP contribution in [0.5, 0.6) is 0 Å². The summed E-state index contributed by atoms with van der Waals surface area (Å²) >= 11 is 7.89. The molecule has 0 saturated heterocycles. The molecule has 0 N–H and O–H groups in total. The minimum atomic E-state index is 0.804. The Hall–Kier alpha value is -0.320. The summed E-state index contributed by atoms with van der Waals surface area (Å²) in [7, 11) is 0. The minimum absolute atomic E-state index is 0.804.